The minimum absolute atomic E-state index is 0.129. The molecule has 4 atom stereocenters. The number of benzene rings is 2. The molecule has 2 aromatic carbocycles. The topological polar surface area (TPSA) is 42.2 Å². The summed E-state index contributed by atoms with van der Waals surface area (Å²) < 4.78 is 19.2. The molecule has 5 rings (SSSR count). The number of likely N-dealkylation sites (N-methyl/N-ethyl adjacent to an activating group) is 1. The summed E-state index contributed by atoms with van der Waals surface area (Å²) in [5, 5.41) is 4.25. The Morgan fingerprint density at radius 2 is 1.81 bits per heavy atom. The van der Waals surface area contributed by atoms with Crippen LogP contribution in [-0.2, 0) is 0 Å². The molecule has 138 valence electrons. The van der Waals surface area contributed by atoms with Gasteiger partial charge in [-0.3, -0.25) is 4.90 Å². The first-order valence-electron chi connectivity index (χ1n) is 9.57. The monoisotopic (exact) mass is 363 g/mol. The second kappa shape index (κ2) is 6.57. The molecule has 2 bridgehead atoms. The van der Waals surface area contributed by atoms with Gasteiger partial charge in [0.05, 0.1) is 5.92 Å². The molecule has 0 unspecified atom stereocenters. The third-order valence-corrected chi connectivity index (χ3v) is 6.33. The van der Waals surface area contributed by atoms with E-state index in [-0.39, 0.29) is 17.7 Å². The highest BCUT2D eigenvalue weighted by atomic mass is 19.1. The van der Waals surface area contributed by atoms with Crippen LogP contribution in [0.2, 0.25) is 0 Å². The van der Waals surface area contributed by atoms with Crippen molar-refractivity contribution in [3.05, 3.63) is 71.9 Å². The van der Waals surface area contributed by atoms with Gasteiger partial charge >= 0.3 is 0 Å². The van der Waals surface area contributed by atoms with E-state index in [1.54, 1.807) is 12.1 Å². The molecular weight excluding hydrogens is 341 g/mol. The number of hydrogen-bond acceptors (Lipinski definition) is 4. The van der Waals surface area contributed by atoms with E-state index in [1.807, 2.05) is 42.5 Å². The lowest BCUT2D eigenvalue weighted by Crippen LogP contribution is -2.44. The van der Waals surface area contributed by atoms with Crippen LogP contribution in [-0.4, -0.2) is 34.2 Å². The van der Waals surface area contributed by atoms with Crippen molar-refractivity contribution < 1.29 is 8.91 Å². The van der Waals surface area contributed by atoms with Crippen molar-refractivity contribution in [2.75, 3.05) is 7.05 Å². The average molecular weight is 363 g/mol. The second-order valence-electron chi connectivity index (χ2n) is 7.71. The molecule has 27 heavy (non-hydrogen) atoms. The standard InChI is InChI=1S/C22H22FN3O/c1-26-17-11-12-19(26)20(18(13-17)14-7-9-16(23)10-8-14)22-24-21(25-27-22)15-5-3-2-4-6-15/h2-10,17-20H,11-13H2,1H3/t17-,18+,19+,20-/m0/s1. The van der Waals surface area contributed by atoms with Crippen LogP contribution in [0.25, 0.3) is 11.4 Å². The SMILES string of the molecule is CN1[C@H]2CC[C@@H]1[C@@H](c1nc(-c3ccccc3)no1)[C@@H](c1ccc(F)cc1)C2. The quantitative estimate of drug-likeness (QED) is 0.681. The zero-order valence-electron chi connectivity index (χ0n) is 15.3. The fourth-order valence-corrected chi connectivity index (χ4v) is 4.93. The molecule has 2 aliphatic heterocycles. The average Bonchev–Trinajstić information content (AvgIpc) is 3.26. The molecule has 5 heteroatoms. The lowest BCUT2D eigenvalue weighted by molar-refractivity contribution is 0.120. The number of rotatable bonds is 3. The van der Waals surface area contributed by atoms with Crippen molar-refractivity contribution in [3.8, 4) is 11.4 Å². The Morgan fingerprint density at radius 1 is 1.04 bits per heavy atom. The first-order chi connectivity index (χ1) is 13.2. The van der Waals surface area contributed by atoms with Crippen molar-refractivity contribution in [3.63, 3.8) is 0 Å². The Labute approximate surface area is 158 Å². The van der Waals surface area contributed by atoms with E-state index < -0.39 is 0 Å². The van der Waals surface area contributed by atoms with Crippen LogP contribution >= 0.6 is 0 Å². The predicted molar refractivity (Wildman–Crippen MR) is 101 cm³/mol. The molecule has 0 radical (unpaired) electrons. The van der Waals surface area contributed by atoms with Crippen LogP contribution < -0.4 is 0 Å². The minimum atomic E-state index is -0.199. The fraction of sp³-hybridized carbons (Fsp3) is 0.364. The van der Waals surface area contributed by atoms with Gasteiger partial charge in [-0.2, -0.15) is 4.98 Å². The van der Waals surface area contributed by atoms with Crippen LogP contribution in [0.1, 0.15) is 42.6 Å². The highest BCUT2D eigenvalue weighted by Gasteiger charge is 2.48. The van der Waals surface area contributed by atoms with E-state index in [2.05, 4.69) is 17.1 Å². The zero-order valence-corrected chi connectivity index (χ0v) is 15.3. The molecule has 2 saturated heterocycles. The van der Waals surface area contributed by atoms with Crippen LogP contribution in [0.3, 0.4) is 0 Å². The smallest absolute Gasteiger partial charge is 0.232 e. The summed E-state index contributed by atoms with van der Waals surface area (Å²) in [6, 6.07) is 17.8. The Morgan fingerprint density at radius 3 is 2.59 bits per heavy atom. The largest absolute Gasteiger partial charge is 0.339 e. The summed E-state index contributed by atoms with van der Waals surface area (Å²) in [7, 11) is 2.20. The summed E-state index contributed by atoms with van der Waals surface area (Å²) in [6.07, 6.45) is 3.36. The van der Waals surface area contributed by atoms with E-state index in [0.29, 0.717) is 23.8 Å². The molecule has 1 aromatic heterocycles. The van der Waals surface area contributed by atoms with Gasteiger partial charge in [0.1, 0.15) is 5.82 Å². The van der Waals surface area contributed by atoms with Crippen molar-refractivity contribution in [2.45, 2.75) is 43.2 Å². The molecule has 0 saturated carbocycles. The summed E-state index contributed by atoms with van der Waals surface area (Å²) in [5.41, 5.74) is 2.12. The van der Waals surface area contributed by atoms with Crippen LogP contribution in [0, 0.1) is 5.82 Å². The van der Waals surface area contributed by atoms with E-state index in [0.717, 1.165) is 24.0 Å². The molecule has 0 spiro atoms. The number of hydrogen-bond donors (Lipinski definition) is 0. The molecule has 2 aliphatic rings. The zero-order chi connectivity index (χ0) is 18.4. The molecule has 2 fully saturated rings. The molecule has 0 aliphatic carbocycles. The van der Waals surface area contributed by atoms with Gasteiger partial charge in [0, 0.05) is 17.6 Å². The summed E-state index contributed by atoms with van der Waals surface area (Å²) in [6.45, 7) is 0. The Bertz CT molecular complexity index is 924. The van der Waals surface area contributed by atoms with Crippen LogP contribution in [0.15, 0.2) is 59.1 Å². The van der Waals surface area contributed by atoms with Crippen molar-refractivity contribution in [1.82, 2.24) is 15.0 Å². The fourth-order valence-electron chi connectivity index (χ4n) is 4.93. The van der Waals surface area contributed by atoms with E-state index in [9.17, 15) is 4.39 Å². The van der Waals surface area contributed by atoms with Crippen LogP contribution in [0.5, 0.6) is 0 Å². The van der Waals surface area contributed by atoms with E-state index >= 15 is 0 Å². The van der Waals surface area contributed by atoms with Crippen LogP contribution in [0.4, 0.5) is 4.39 Å². The third kappa shape index (κ3) is 2.86. The van der Waals surface area contributed by atoms with Crippen molar-refractivity contribution >= 4 is 0 Å². The Balaban J connectivity index is 1.54. The maximum absolute atomic E-state index is 13.4. The molecule has 0 amide bonds. The number of piperidine rings is 1. The van der Waals surface area contributed by atoms with Crippen molar-refractivity contribution in [1.29, 1.82) is 0 Å². The molecule has 3 heterocycles. The van der Waals surface area contributed by atoms with Gasteiger partial charge in [-0.25, -0.2) is 4.39 Å². The summed E-state index contributed by atoms with van der Waals surface area (Å²) in [4.78, 5) is 7.24. The minimum Gasteiger partial charge on any atom is -0.339 e. The van der Waals surface area contributed by atoms with Gasteiger partial charge in [-0.15, -0.1) is 0 Å². The van der Waals surface area contributed by atoms with Crippen molar-refractivity contribution in [2.24, 2.45) is 0 Å². The summed E-state index contributed by atoms with van der Waals surface area (Å²) >= 11 is 0. The number of aromatic nitrogens is 2. The number of fused-ring (bicyclic) bond motifs is 2. The molecule has 3 aromatic rings. The van der Waals surface area contributed by atoms with Gasteiger partial charge in [0.2, 0.25) is 11.7 Å². The second-order valence-corrected chi connectivity index (χ2v) is 7.71. The highest BCUT2D eigenvalue weighted by Crippen LogP contribution is 2.50. The molecular formula is C22H22FN3O. The number of nitrogens with zero attached hydrogens (tertiary/aromatic N) is 3. The van der Waals surface area contributed by atoms with Gasteiger partial charge in [-0.1, -0.05) is 47.6 Å². The highest BCUT2D eigenvalue weighted by molar-refractivity contribution is 5.53. The van der Waals surface area contributed by atoms with E-state index in [1.165, 1.54) is 6.42 Å². The Kier molecular flexibility index (Phi) is 4.05. The Hall–Kier alpha value is -2.53. The first kappa shape index (κ1) is 16.6. The van der Waals surface area contributed by atoms with Gasteiger partial charge in [-0.05, 0) is 49.9 Å². The van der Waals surface area contributed by atoms with Gasteiger partial charge < -0.3 is 4.52 Å². The first-order valence-corrected chi connectivity index (χ1v) is 9.57. The molecule has 0 N–H and O–H groups in total. The maximum atomic E-state index is 13.4. The lowest BCUT2D eigenvalue weighted by Gasteiger charge is -2.41. The summed E-state index contributed by atoms with van der Waals surface area (Å²) in [5.74, 6) is 1.52. The van der Waals surface area contributed by atoms with Gasteiger partial charge in [0.15, 0.2) is 0 Å². The number of halogens is 1. The maximum Gasteiger partial charge on any atom is 0.232 e. The predicted octanol–water partition coefficient (Wildman–Crippen LogP) is 4.61. The third-order valence-electron chi connectivity index (χ3n) is 6.33. The van der Waals surface area contributed by atoms with Gasteiger partial charge in [0.25, 0.3) is 0 Å². The molecule has 4 nitrogen and oxygen atoms in total. The van der Waals surface area contributed by atoms with E-state index in [4.69, 9.17) is 9.51 Å². The normalized spacial score (nSPS) is 27.8. The lowest BCUT2D eigenvalue weighted by atomic mass is 9.76.